The van der Waals surface area contributed by atoms with Crippen LogP contribution in [0.5, 0.6) is 0 Å². The quantitative estimate of drug-likeness (QED) is 0.428. The van der Waals surface area contributed by atoms with Gasteiger partial charge in [0.15, 0.2) is 5.69 Å². The Morgan fingerprint density at radius 3 is 2.50 bits per heavy atom. The molecule has 3 heterocycles. The number of fused-ring (bicyclic) bond motifs is 3. The molecule has 3 aromatic rings. The molecule has 0 bridgehead atoms. The highest BCUT2D eigenvalue weighted by Gasteiger charge is 2.42. The first-order valence-corrected chi connectivity index (χ1v) is 9.78. The zero-order valence-corrected chi connectivity index (χ0v) is 17.0. The van der Waals surface area contributed by atoms with E-state index in [9.17, 15) is 22.4 Å². The minimum absolute atomic E-state index is 0.165. The van der Waals surface area contributed by atoms with Crippen LogP contribution in [0.3, 0.4) is 0 Å². The van der Waals surface area contributed by atoms with Gasteiger partial charge in [0.2, 0.25) is 5.91 Å². The van der Waals surface area contributed by atoms with Crippen LogP contribution >= 0.6 is 11.6 Å². The average Bonchev–Trinajstić information content (AvgIpc) is 3.22. The molecule has 0 fully saturated rings. The Labute approximate surface area is 175 Å². The van der Waals surface area contributed by atoms with Gasteiger partial charge in [-0.25, -0.2) is 9.37 Å². The molecule has 0 unspecified atom stereocenters. The van der Waals surface area contributed by atoms with Crippen molar-refractivity contribution in [1.29, 1.82) is 0 Å². The molecule has 0 aliphatic carbocycles. The van der Waals surface area contributed by atoms with Crippen molar-refractivity contribution < 1.29 is 22.4 Å². The average molecular weight is 440 g/mol. The van der Waals surface area contributed by atoms with Gasteiger partial charge in [-0.2, -0.15) is 13.2 Å². The first-order valence-electron chi connectivity index (χ1n) is 9.24. The lowest BCUT2D eigenvalue weighted by Crippen LogP contribution is -2.34. The maximum absolute atomic E-state index is 13.4. The number of pyridine rings is 1. The molecule has 0 spiro atoms. The molecule has 1 amide bonds. The van der Waals surface area contributed by atoms with Crippen LogP contribution < -0.4 is 4.90 Å². The summed E-state index contributed by atoms with van der Waals surface area (Å²) in [5, 5.41) is 0. The summed E-state index contributed by atoms with van der Waals surface area (Å²) in [5.41, 5.74) is 0.854. The molecule has 9 heteroatoms. The van der Waals surface area contributed by atoms with E-state index < -0.39 is 23.1 Å². The van der Waals surface area contributed by atoms with Crippen LogP contribution in [0.15, 0.2) is 36.5 Å². The van der Waals surface area contributed by atoms with Crippen molar-refractivity contribution in [3.63, 3.8) is 0 Å². The molecular weight excluding hydrogens is 422 g/mol. The summed E-state index contributed by atoms with van der Waals surface area (Å²) in [6.45, 7) is 4.02. The van der Waals surface area contributed by atoms with Crippen molar-refractivity contribution in [1.82, 2.24) is 9.38 Å². The number of carbonyl (C=O) groups is 1. The molecule has 0 saturated carbocycles. The predicted molar refractivity (Wildman–Crippen MR) is 105 cm³/mol. The van der Waals surface area contributed by atoms with E-state index in [0.717, 1.165) is 6.20 Å². The standard InChI is InChI=1S/C21H18ClF4N3O/c1-20(2)11-29(17(30)9-22)15-8-13(7-12-3-5-14(23)6-4-12)19-27-16(21(24,25)26)10-28(19)18(15)20/h3-6,8,10H,7,9,11H2,1-2H3. The van der Waals surface area contributed by atoms with Crippen molar-refractivity contribution in [2.45, 2.75) is 31.9 Å². The fourth-order valence-electron chi connectivity index (χ4n) is 4.02. The second-order valence-electron chi connectivity index (χ2n) is 8.02. The predicted octanol–water partition coefficient (Wildman–Crippen LogP) is 4.95. The van der Waals surface area contributed by atoms with Crippen LogP contribution in [-0.4, -0.2) is 27.7 Å². The number of imidazole rings is 1. The van der Waals surface area contributed by atoms with E-state index in [1.807, 2.05) is 13.8 Å². The molecular formula is C21H18ClF4N3O. The number of aromatic nitrogens is 2. The molecule has 30 heavy (non-hydrogen) atoms. The molecule has 0 radical (unpaired) electrons. The van der Waals surface area contributed by atoms with E-state index in [1.165, 1.54) is 21.4 Å². The van der Waals surface area contributed by atoms with Gasteiger partial charge in [0.05, 0.1) is 11.4 Å². The number of amides is 1. The SMILES string of the molecule is CC1(C)CN(C(=O)CCl)c2cc(Cc3ccc(F)cc3)c3nc(C(F)(F)F)cn3c21. The largest absolute Gasteiger partial charge is 0.434 e. The number of alkyl halides is 4. The van der Waals surface area contributed by atoms with Gasteiger partial charge in [-0.3, -0.25) is 4.79 Å². The van der Waals surface area contributed by atoms with Crippen LogP contribution in [-0.2, 0) is 22.8 Å². The number of carbonyl (C=O) groups excluding carboxylic acids is 1. The van der Waals surface area contributed by atoms with Crippen molar-refractivity contribution >= 4 is 28.8 Å². The van der Waals surface area contributed by atoms with Gasteiger partial charge in [-0.15, -0.1) is 11.6 Å². The molecule has 0 N–H and O–H groups in total. The topological polar surface area (TPSA) is 37.6 Å². The number of nitrogens with zero attached hydrogens (tertiary/aromatic N) is 3. The fourth-order valence-corrected chi connectivity index (χ4v) is 4.16. The van der Waals surface area contributed by atoms with Gasteiger partial charge >= 0.3 is 6.18 Å². The third kappa shape index (κ3) is 3.43. The third-order valence-corrected chi connectivity index (χ3v) is 5.52. The monoisotopic (exact) mass is 439 g/mol. The van der Waals surface area contributed by atoms with E-state index in [1.54, 1.807) is 18.2 Å². The number of hydrogen-bond acceptors (Lipinski definition) is 2. The molecule has 1 aromatic carbocycles. The van der Waals surface area contributed by atoms with Gasteiger partial charge in [-0.05, 0) is 23.8 Å². The summed E-state index contributed by atoms with van der Waals surface area (Å²) in [4.78, 5) is 17.8. The fraction of sp³-hybridized carbons (Fsp3) is 0.333. The van der Waals surface area contributed by atoms with Gasteiger partial charge in [0, 0.05) is 30.1 Å². The Kier molecular flexibility index (Phi) is 4.80. The lowest BCUT2D eigenvalue weighted by molar-refractivity contribution is -0.140. The lowest BCUT2D eigenvalue weighted by atomic mass is 9.90. The van der Waals surface area contributed by atoms with Crippen LogP contribution in [0.4, 0.5) is 23.2 Å². The van der Waals surface area contributed by atoms with Gasteiger partial charge < -0.3 is 9.30 Å². The number of benzene rings is 1. The zero-order chi connectivity index (χ0) is 21.8. The summed E-state index contributed by atoms with van der Waals surface area (Å²) in [7, 11) is 0. The van der Waals surface area contributed by atoms with Crippen molar-refractivity contribution in [2.24, 2.45) is 0 Å². The van der Waals surface area contributed by atoms with Crippen LogP contribution in [0.1, 0.15) is 36.4 Å². The summed E-state index contributed by atoms with van der Waals surface area (Å²) in [5.74, 6) is -0.969. The zero-order valence-electron chi connectivity index (χ0n) is 16.2. The normalized spacial score (nSPS) is 15.6. The van der Waals surface area contributed by atoms with E-state index in [-0.39, 0.29) is 23.9 Å². The van der Waals surface area contributed by atoms with E-state index in [4.69, 9.17) is 11.6 Å². The highest BCUT2D eigenvalue weighted by molar-refractivity contribution is 6.29. The Hall–Kier alpha value is -2.61. The summed E-state index contributed by atoms with van der Waals surface area (Å²) in [6.07, 6.45) is -3.41. The minimum atomic E-state index is -4.61. The molecule has 1 aliphatic rings. The highest BCUT2D eigenvalue weighted by atomic mass is 35.5. The van der Waals surface area contributed by atoms with Gasteiger partial charge in [-0.1, -0.05) is 26.0 Å². The molecule has 1 aliphatic heterocycles. The second-order valence-corrected chi connectivity index (χ2v) is 8.29. The smallest absolute Gasteiger partial charge is 0.309 e. The minimum Gasteiger partial charge on any atom is -0.309 e. The van der Waals surface area contributed by atoms with Crippen molar-refractivity contribution in [3.8, 4) is 0 Å². The maximum atomic E-state index is 13.4. The lowest BCUT2D eigenvalue weighted by Gasteiger charge is -2.20. The summed E-state index contributed by atoms with van der Waals surface area (Å²) in [6, 6.07) is 7.41. The van der Waals surface area contributed by atoms with Crippen LogP contribution in [0.2, 0.25) is 0 Å². The summed E-state index contributed by atoms with van der Waals surface area (Å²) < 4.78 is 55.0. The third-order valence-electron chi connectivity index (χ3n) is 5.29. The molecule has 0 saturated heterocycles. The molecule has 4 rings (SSSR count). The van der Waals surface area contributed by atoms with Gasteiger partial charge in [0.1, 0.15) is 17.3 Å². The molecule has 2 aromatic heterocycles. The van der Waals surface area contributed by atoms with Crippen molar-refractivity contribution in [3.05, 3.63) is 64.9 Å². The maximum Gasteiger partial charge on any atom is 0.434 e. The van der Waals surface area contributed by atoms with Gasteiger partial charge in [0.25, 0.3) is 0 Å². The molecule has 158 valence electrons. The second kappa shape index (κ2) is 6.97. The number of anilines is 1. The first kappa shape index (κ1) is 20.7. The first-order chi connectivity index (χ1) is 14.0. The van der Waals surface area contributed by atoms with E-state index >= 15 is 0 Å². The number of halogens is 5. The Morgan fingerprint density at radius 2 is 1.90 bits per heavy atom. The van der Waals surface area contributed by atoms with E-state index in [2.05, 4.69) is 4.98 Å². The Morgan fingerprint density at radius 1 is 1.23 bits per heavy atom. The number of hydrogen-bond donors (Lipinski definition) is 0. The van der Waals surface area contributed by atoms with Crippen LogP contribution in [0.25, 0.3) is 5.65 Å². The van der Waals surface area contributed by atoms with Crippen LogP contribution in [0, 0.1) is 5.82 Å². The number of rotatable bonds is 3. The molecule has 4 nitrogen and oxygen atoms in total. The summed E-state index contributed by atoms with van der Waals surface area (Å²) >= 11 is 5.76. The van der Waals surface area contributed by atoms with Crippen molar-refractivity contribution in [2.75, 3.05) is 17.3 Å². The highest BCUT2D eigenvalue weighted by Crippen LogP contribution is 2.43. The molecule has 0 atom stereocenters. The Bertz CT molecular complexity index is 1140. The van der Waals surface area contributed by atoms with E-state index in [0.29, 0.717) is 29.1 Å². The Balaban J connectivity index is 1.97.